The Morgan fingerprint density at radius 2 is 1.80 bits per heavy atom. The molecule has 0 aliphatic carbocycles. The lowest BCUT2D eigenvalue weighted by atomic mass is 10.2. The molecule has 40 heavy (non-hydrogen) atoms. The zero-order chi connectivity index (χ0) is 28.6. The summed E-state index contributed by atoms with van der Waals surface area (Å²) in [6, 6.07) is 6.97. The topological polar surface area (TPSA) is 128 Å². The van der Waals surface area contributed by atoms with Crippen LogP contribution in [0.2, 0.25) is 0 Å². The van der Waals surface area contributed by atoms with Crippen molar-refractivity contribution >= 4 is 21.1 Å². The summed E-state index contributed by atoms with van der Waals surface area (Å²) >= 11 is 0. The van der Waals surface area contributed by atoms with Crippen LogP contribution in [0.3, 0.4) is 0 Å². The fourth-order valence-electron chi connectivity index (χ4n) is 4.86. The Morgan fingerprint density at radius 1 is 1.05 bits per heavy atom. The van der Waals surface area contributed by atoms with Gasteiger partial charge in [0.2, 0.25) is 15.9 Å². The van der Waals surface area contributed by atoms with E-state index in [1.165, 1.54) is 21.1 Å². The molecule has 0 spiro atoms. The van der Waals surface area contributed by atoms with Crippen molar-refractivity contribution in [2.75, 3.05) is 32.7 Å². The third-order valence-electron chi connectivity index (χ3n) is 7.03. The molecule has 1 saturated heterocycles. The maximum absolute atomic E-state index is 13.6. The molecule has 0 radical (unpaired) electrons. The lowest BCUT2D eigenvalue weighted by Gasteiger charge is -2.33. The number of aryl methyl sites for hydroxylation is 1. The first-order chi connectivity index (χ1) is 19.1. The van der Waals surface area contributed by atoms with Gasteiger partial charge in [0, 0.05) is 39.4 Å². The van der Waals surface area contributed by atoms with Gasteiger partial charge in [-0.3, -0.25) is 9.36 Å². The highest BCUT2D eigenvalue weighted by Crippen LogP contribution is 2.32. The second kappa shape index (κ2) is 11.1. The van der Waals surface area contributed by atoms with E-state index in [1.54, 1.807) is 17.9 Å². The summed E-state index contributed by atoms with van der Waals surface area (Å²) in [6.45, 7) is 10.7. The predicted molar refractivity (Wildman–Crippen MR) is 151 cm³/mol. The number of sulfonamides is 1. The third kappa shape index (κ3) is 5.00. The molecule has 1 aliphatic rings. The molecular weight excluding hydrogens is 532 g/mol. The Bertz CT molecular complexity index is 1690. The fraction of sp³-hybridized carbons (Fsp3) is 0.444. The Morgan fingerprint density at radius 3 is 2.42 bits per heavy atom. The van der Waals surface area contributed by atoms with Gasteiger partial charge in [-0.15, -0.1) is 0 Å². The molecule has 0 saturated carbocycles. The van der Waals surface area contributed by atoms with Crippen molar-refractivity contribution in [1.82, 2.24) is 38.5 Å². The molecule has 0 atom stereocenters. The fourth-order valence-corrected chi connectivity index (χ4v) is 6.25. The van der Waals surface area contributed by atoms with Gasteiger partial charge in [0.15, 0.2) is 11.3 Å². The van der Waals surface area contributed by atoms with Crippen LogP contribution in [0.4, 0.5) is 0 Å². The lowest BCUT2D eigenvalue weighted by molar-refractivity contribution is 0.196. The van der Waals surface area contributed by atoms with Crippen LogP contribution in [-0.4, -0.2) is 85.8 Å². The summed E-state index contributed by atoms with van der Waals surface area (Å²) in [7, 11) is -2.25. The molecule has 5 rings (SSSR count). The van der Waals surface area contributed by atoms with E-state index in [-0.39, 0.29) is 33.8 Å². The molecule has 0 aromatic carbocycles. The second-order valence-corrected chi connectivity index (χ2v) is 11.9. The number of piperazine rings is 1. The first kappa shape index (κ1) is 27.9. The zero-order valence-electron chi connectivity index (χ0n) is 23.4. The summed E-state index contributed by atoms with van der Waals surface area (Å²) < 4.78 is 37.7. The van der Waals surface area contributed by atoms with E-state index in [0.717, 1.165) is 6.54 Å². The summed E-state index contributed by atoms with van der Waals surface area (Å²) in [5.74, 6) is 1.01. The number of hydrogen-bond acceptors (Lipinski definition) is 9. The molecular formula is C27H34N8O4S. The molecule has 5 heterocycles. The number of likely N-dealkylation sites (N-methyl/N-ethyl adjacent to an activating group) is 1. The molecule has 0 N–H and O–H groups in total. The summed E-state index contributed by atoms with van der Waals surface area (Å²) in [6.07, 6.45) is 3.27. The van der Waals surface area contributed by atoms with Crippen molar-refractivity contribution in [3.05, 3.63) is 52.7 Å². The van der Waals surface area contributed by atoms with E-state index >= 15 is 0 Å². The first-order valence-corrected chi connectivity index (χ1v) is 14.9. The largest absolute Gasteiger partial charge is 0.474 e. The SMILES string of the molecule is CCc1c2nc(-c3cc(S(=O)(=O)N4CCN(CC)CC4)cnc3OC(C)C)n(C)c(=O)c2nn1-c1ccccn1. The predicted octanol–water partition coefficient (Wildman–Crippen LogP) is 2.25. The van der Waals surface area contributed by atoms with Crippen molar-refractivity contribution in [2.24, 2.45) is 7.05 Å². The quantitative estimate of drug-likeness (QED) is 0.315. The Hall–Kier alpha value is -3.68. The van der Waals surface area contributed by atoms with E-state index in [1.807, 2.05) is 39.0 Å². The molecule has 0 unspecified atom stereocenters. The van der Waals surface area contributed by atoms with Crippen LogP contribution < -0.4 is 10.3 Å². The number of ether oxygens (including phenoxy) is 1. The second-order valence-electron chi connectivity index (χ2n) is 9.93. The Balaban J connectivity index is 1.68. The van der Waals surface area contributed by atoms with Gasteiger partial charge >= 0.3 is 0 Å². The van der Waals surface area contributed by atoms with Crippen molar-refractivity contribution < 1.29 is 13.2 Å². The number of nitrogens with zero attached hydrogens (tertiary/aromatic N) is 8. The van der Waals surface area contributed by atoms with Crippen molar-refractivity contribution in [1.29, 1.82) is 0 Å². The number of pyridine rings is 2. The summed E-state index contributed by atoms with van der Waals surface area (Å²) in [4.78, 5) is 29.5. The summed E-state index contributed by atoms with van der Waals surface area (Å²) in [5.41, 5.74) is 1.28. The highest BCUT2D eigenvalue weighted by Gasteiger charge is 2.30. The third-order valence-corrected chi connectivity index (χ3v) is 8.89. The van der Waals surface area contributed by atoms with Crippen LogP contribution in [0.15, 0.2) is 46.3 Å². The van der Waals surface area contributed by atoms with E-state index in [2.05, 4.69) is 26.9 Å². The minimum atomic E-state index is -3.83. The summed E-state index contributed by atoms with van der Waals surface area (Å²) in [5, 5.41) is 4.56. The van der Waals surface area contributed by atoms with E-state index in [4.69, 9.17) is 9.72 Å². The van der Waals surface area contributed by atoms with Gasteiger partial charge in [0.1, 0.15) is 16.2 Å². The minimum Gasteiger partial charge on any atom is -0.474 e. The van der Waals surface area contributed by atoms with Crippen LogP contribution in [0, 0.1) is 0 Å². The van der Waals surface area contributed by atoms with Crippen LogP contribution >= 0.6 is 0 Å². The molecule has 1 fully saturated rings. The maximum atomic E-state index is 13.6. The molecule has 0 bridgehead atoms. The van der Waals surface area contributed by atoms with Gasteiger partial charge < -0.3 is 9.64 Å². The number of aromatic nitrogens is 6. The molecule has 1 aliphatic heterocycles. The van der Waals surface area contributed by atoms with Crippen LogP contribution in [-0.2, 0) is 23.5 Å². The number of hydrogen-bond donors (Lipinski definition) is 0. The van der Waals surface area contributed by atoms with E-state index < -0.39 is 10.0 Å². The first-order valence-electron chi connectivity index (χ1n) is 13.4. The smallest absolute Gasteiger partial charge is 0.281 e. The highest BCUT2D eigenvalue weighted by molar-refractivity contribution is 7.89. The van der Waals surface area contributed by atoms with E-state index in [0.29, 0.717) is 55.2 Å². The average Bonchev–Trinajstić information content (AvgIpc) is 3.34. The minimum absolute atomic E-state index is 0.0257. The van der Waals surface area contributed by atoms with Crippen LogP contribution in [0.1, 0.15) is 33.4 Å². The van der Waals surface area contributed by atoms with Gasteiger partial charge in [-0.2, -0.15) is 9.40 Å². The molecule has 12 nitrogen and oxygen atoms in total. The van der Waals surface area contributed by atoms with Gasteiger partial charge in [0.05, 0.1) is 23.6 Å². The van der Waals surface area contributed by atoms with Crippen LogP contribution in [0.5, 0.6) is 5.88 Å². The molecule has 212 valence electrons. The van der Waals surface area contributed by atoms with Crippen molar-refractivity contribution in [2.45, 2.75) is 45.1 Å². The number of rotatable bonds is 8. The highest BCUT2D eigenvalue weighted by atomic mass is 32.2. The average molecular weight is 567 g/mol. The van der Waals surface area contributed by atoms with Gasteiger partial charge in [-0.1, -0.05) is 19.9 Å². The Labute approximate surface area is 233 Å². The lowest BCUT2D eigenvalue weighted by Crippen LogP contribution is -2.48. The van der Waals surface area contributed by atoms with Gasteiger partial charge in [0.25, 0.3) is 5.56 Å². The van der Waals surface area contributed by atoms with Crippen LogP contribution in [0.25, 0.3) is 28.2 Å². The molecule has 13 heteroatoms. The van der Waals surface area contributed by atoms with E-state index in [9.17, 15) is 13.2 Å². The molecule has 4 aromatic rings. The monoisotopic (exact) mass is 566 g/mol. The number of fused-ring (bicyclic) bond motifs is 1. The van der Waals surface area contributed by atoms with Gasteiger partial charge in [-0.05, 0) is 45.0 Å². The Kier molecular flexibility index (Phi) is 7.71. The van der Waals surface area contributed by atoms with Crippen molar-refractivity contribution in [3.8, 4) is 23.1 Å². The zero-order valence-corrected chi connectivity index (χ0v) is 24.2. The standard InChI is InChI=1S/C27H34N8O4S/c1-6-21-23-24(31-35(21)22-10-8-9-11-28-22)27(36)32(5)25(30-23)20-16-19(17-29-26(20)39-18(3)4)40(37,38)34-14-12-33(7-2)13-15-34/h8-11,16-18H,6-7,12-15H2,1-5H3. The van der Waals surface area contributed by atoms with Crippen molar-refractivity contribution in [3.63, 3.8) is 0 Å². The maximum Gasteiger partial charge on any atom is 0.281 e. The van der Waals surface area contributed by atoms with Gasteiger partial charge in [-0.25, -0.2) is 28.1 Å². The molecule has 4 aromatic heterocycles. The normalized spacial score (nSPS) is 15.2. The molecule has 0 amide bonds.